The Morgan fingerprint density at radius 2 is 1.89 bits per heavy atom. The standard InChI is InChI=1S/C16H15ClOS/c17-13-7-3-1-5-11(13)9-14(18)16-10-12-6-2-4-8-15(12)19-16/h1-8,14,16,18H,9-10H2. The van der Waals surface area contributed by atoms with Crippen molar-refractivity contribution in [2.75, 3.05) is 0 Å². The second-order valence-electron chi connectivity index (χ2n) is 4.83. The first-order valence-corrected chi connectivity index (χ1v) is 7.66. The van der Waals surface area contributed by atoms with Crippen LogP contribution in [-0.4, -0.2) is 16.5 Å². The average molecular weight is 291 g/mol. The summed E-state index contributed by atoms with van der Waals surface area (Å²) in [5, 5.41) is 11.4. The Morgan fingerprint density at radius 1 is 1.16 bits per heavy atom. The highest BCUT2D eigenvalue weighted by atomic mass is 35.5. The first-order chi connectivity index (χ1) is 9.24. The molecule has 98 valence electrons. The van der Waals surface area contributed by atoms with Crippen molar-refractivity contribution in [3.8, 4) is 0 Å². The second-order valence-corrected chi connectivity index (χ2v) is 6.52. The van der Waals surface area contributed by atoms with Gasteiger partial charge in [-0.3, -0.25) is 0 Å². The van der Waals surface area contributed by atoms with Crippen LogP contribution in [0.4, 0.5) is 0 Å². The Bertz CT molecular complexity index is 559. The monoisotopic (exact) mass is 290 g/mol. The molecule has 3 heteroatoms. The predicted octanol–water partition coefficient (Wildman–Crippen LogP) is 3.96. The number of benzene rings is 2. The minimum absolute atomic E-state index is 0.230. The molecule has 0 spiro atoms. The third kappa shape index (κ3) is 2.81. The lowest BCUT2D eigenvalue weighted by Crippen LogP contribution is -2.25. The first-order valence-electron chi connectivity index (χ1n) is 6.40. The Hall–Kier alpha value is -0.960. The molecule has 3 rings (SSSR count). The van der Waals surface area contributed by atoms with Gasteiger partial charge in [0.05, 0.1) is 6.10 Å². The number of aliphatic hydroxyl groups excluding tert-OH is 1. The molecule has 2 unspecified atom stereocenters. The summed E-state index contributed by atoms with van der Waals surface area (Å²) in [6.07, 6.45) is 1.19. The highest BCUT2D eigenvalue weighted by molar-refractivity contribution is 8.00. The molecule has 0 radical (unpaired) electrons. The third-order valence-corrected chi connectivity index (χ3v) is 5.29. The van der Waals surface area contributed by atoms with Gasteiger partial charge in [0.1, 0.15) is 0 Å². The highest BCUT2D eigenvalue weighted by Crippen LogP contribution is 2.39. The second kappa shape index (κ2) is 5.58. The summed E-state index contributed by atoms with van der Waals surface area (Å²) in [6, 6.07) is 16.1. The number of thioether (sulfide) groups is 1. The Kier molecular flexibility index (Phi) is 3.83. The molecular weight excluding hydrogens is 276 g/mol. The normalized spacial score (nSPS) is 19.2. The number of aliphatic hydroxyl groups is 1. The van der Waals surface area contributed by atoms with Crippen LogP contribution in [0.15, 0.2) is 53.4 Å². The van der Waals surface area contributed by atoms with Gasteiger partial charge < -0.3 is 5.11 Å². The summed E-state index contributed by atoms with van der Waals surface area (Å²) in [5.74, 6) is 0. The molecule has 0 saturated carbocycles. The maximum absolute atomic E-state index is 10.4. The number of hydrogen-bond acceptors (Lipinski definition) is 2. The van der Waals surface area contributed by atoms with Crippen molar-refractivity contribution >= 4 is 23.4 Å². The zero-order valence-corrected chi connectivity index (χ0v) is 12.0. The van der Waals surface area contributed by atoms with Crippen LogP contribution in [-0.2, 0) is 12.8 Å². The first kappa shape index (κ1) is 13.0. The summed E-state index contributed by atoms with van der Waals surface area (Å²) in [6.45, 7) is 0. The molecule has 1 N–H and O–H groups in total. The zero-order valence-electron chi connectivity index (χ0n) is 10.4. The fraction of sp³-hybridized carbons (Fsp3) is 0.250. The molecule has 0 fully saturated rings. The van der Waals surface area contributed by atoms with Crippen molar-refractivity contribution in [3.63, 3.8) is 0 Å². The Labute approximate surface area is 122 Å². The van der Waals surface area contributed by atoms with Crippen molar-refractivity contribution in [2.24, 2.45) is 0 Å². The average Bonchev–Trinajstić information content (AvgIpc) is 2.85. The Morgan fingerprint density at radius 3 is 2.68 bits per heavy atom. The van der Waals surface area contributed by atoms with E-state index in [1.54, 1.807) is 11.8 Å². The van der Waals surface area contributed by atoms with Gasteiger partial charge in [0, 0.05) is 21.6 Å². The van der Waals surface area contributed by atoms with Crippen LogP contribution in [0, 0.1) is 0 Å². The van der Waals surface area contributed by atoms with Gasteiger partial charge in [-0.15, -0.1) is 11.8 Å². The number of fused-ring (bicyclic) bond motifs is 1. The van der Waals surface area contributed by atoms with Gasteiger partial charge in [-0.05, 0) is 29.7 Å². The zero-order chi connectivity index (χ0) is 13.2. The molecule has 2 aromatic carbocycles. The molecule has 1 heterocycles. The van der Waals surface area contributed by atoms with E-state index in [1.807, 2.05) is 24.3 Å². The molecule has 19 heavy (non-hydrogen) atoms. The van der Waals surface area contributed by atoms with Crippen LogP contribution in [0.5, 0.6) is 0 Å². The lowest BCUT2D eigenvalue weighted by molar-refractivity contribution is 0.172. The largest absolute Gasteiger partial charge is 0.392 e. The molecule has 0 aliphatic carbocycles. The van der Waals surface area contributed by atoms with Crippen molar-refractivity contribution in [3.05, 3.63) is 64.7 Å². The minimum atomic E-state index is -0.364. The van der Waals surface area contributed by atoms with Crippen molar-refractivity contribution in [2.45, 2.75) is 29.1 Å². The molecular formula is C16H15ClOS. The minimum Gasteiger partial charge on any atom is -0.392 e. The molecule has 1 aliphatic rings. The van der Waals surface area contributed by atoms with Crippen molar-refractivity contribution in [1.29, 1.82) is 0 Å². The summed E-state index contributed by atoms with van der Waals surface area (Å²) in [4.78, 5) is 1.30. The van der Waals surface area contributed by atoms with Crippen LogP contribution >= 0.6 is 23.4 Å². The number of rotatable bonds is 3. The third-order valence-electron chi connectivity index (χ3n) is 3.49. The number of hydrogen-bond donors (Lipinski definition) is 1. The molecule has 2 aromatic rings. The summed E-state index contributed by atoms with van der Waals surface area (Å²) in [7, 11) is 0. The summed E-state index contributed by atoms with van der Waals surface area (Å²) < 4.78 is 0. The number of halogens is 1. The van der Waals surface area contributed by atoms with E-state index in [-0.39, 0.29) is 11.4 Å². The van der Waals surface area contributed by atoms with E-state index in [0.717, 1.165) is 17.0 Å². The van der Waals surface area contributed by atoms with Crippen molar-refractivity contribution < 1.29 is 5.11 Å². The van der Waals surface area contributed by atoms with Crippen LogP contribution in [0.25, 0.3) is 0 Å². The summed E-state index contributed by atoms with van der Waals surface area (Å²) in [5.41, 5.74) is 2.36. The SMILES string of the molecule is OC(Cc1ccccc1Cl)C1Cc2ccccc2S1. The molecule has 0 bridgehead atoms. The molecule has 0 amide bonds. The van der Waals surface area contributed by atoms with E-state index >= 15 is 0 Å². The van der Waals surface area contributed by atoms with Gasteiger partial charge in [0.2, 0.25) is 0 Å². The molecule has 0 saturated heterocycles. The van der Waals surface area contributed by atoms with Gasteiger partial charge >= 0.3 is 0 Å². The topological polar surface area (TPSA) is 20.2 Å². The maximum Gasteiger partial charge on any atom is 0.0706 e. The highest BCUT2D eigenvalue weighted by Gasteiger charge is 2.28. The fourth-order valence-corrected chi connectivity index (χ4v) is 3.96. The van der Waals surface area contributed by atoms with Gasteiger partial charge in [-0.2, -0.15) is 0 Å². The predicted molar refractivity (Wildman–Crippen MR) is 81.0 cm³/mol. The van der Waals surface area contributed by atoms with E-state index in [4.69, 9.17) is 11.6 Å². The van der Waals surface area contributed by atoms with Gasteiger partial charge in [0.15, 0.2) is 0 Å². The Balaban J connectivity index is 1.70. The van der Waals surface area contributed by atoms with Crippen LogP contribution in [0.1, 0.15) is 11.1 Å². The van der Waals surface area contributed by atoms with E-state index in [0.29, 0.717) is 6.42 Å². The van der Waals surface area contributed by atoms with Gasteiger partial charge in [-0.1, -0.05) is 48.0 Å². The quantitative estimate of drug-likeness (QED) is 0.923. The lowest BCUT2D eigenvalue weighted by atomic mass is 10.0. The smallest absolute Gasteiger partial charge is 0.0706 e. The van der Waals surface area contributed by atoms with E-state index in [1.165, 1.54) is 10.5 Å². The molecule has 1 nitrogen and oxygen atoms in total. The lowest BCUT2D eigenvalue weighted by Gasteiger charge is -2.17. The van der Waals surface area contributed by atoms with Crippen LogP contribution < -0.4 is 0 Å². The van der Waals surface area contributed by atoms with Crippen molar-refractivity contribution in [1.82, 2.24) is 0 Å². The van der Waals surface area contributed by atoms with Crippen LogP contribution in [0.3, 0.4) is 0 Å². The van der Waals surface area contributed by atoms with Gasteiger partial charge in [0.25, 0.3) is 0 Å². The van der Waals surface area contributed by atoms with E-state index in [2.05, 4.69) is 24.3 Å². The van der Waals surface area contributed by atoms with E-state index in [9.17, 15) is 5.11 Å². The molecule has 2 atom stereocenters. The fourth-order valence-electron chi connectivity index (χ4n) is 2.44. The van der Waals surface area contributed by atoms with Gasteiger partial charge in [-0.25, -0.2) is 0 Å². The molecule has 0 aromatic heterocycles. The summed E-state index contributed by atoms with van der Waals surface area (Å²) >= 11 is 7.92. The maximum atomic E-state index is 10.4. The molecule has 1 aliphatic heterocycles. The van der Waals surface area contributed by atoms with E-state index < -0.39 is 0 Å². The van der Waals surface area contributed by atoms with Crippen LogP contribution in [0.2, 0.25) is 5.02 Å².